The van der Waals surface area contributed by atoms with E-state index in [1.54, 1.807) is 6.20 Å². The first kappa shape index (κ1) is 17.9. The van der Waals surface area contributed by atoms with Crippen LogP contribution >= 0.6 is 0 Å². The molecule has 0 saturated heterocycles. The topological polar surface area (TPSA) is 51.0 Å². The molecule has 1 atom stereocenters. The average Bonchev–Trinajstić information content (AvgIpc) is 3.10. The number of hydrogen-bond acceptors (Lipinski definition) is 3. The molecule has 134 valence electrons. The van der Waals surface area contributed by atoms with Crippen LogP contribution in [0.2, 0.25) is 0 Å². The molecule has 0 aliphatic carbocycles. The summed E-state index contributed by atoms with van der Waals surface area (Å²) in [6.07, 6.45) is 5.94. The first-order valence-electron chi connectivity index (χ1n) is 8.87. The van der Waals surface area contributed by atoms with Crippen molar-refractivity contribution < 1.29 is 4.79 Å². The van der Waals surface area contributed by atoms with E-state index in [0.717, 1.165) is 16.8 Å². The smallest absolute Gasteiger partial charge is 0.225 e. The molecule has 0 aliphatic heterocycles. The third kappa shape index (κ3) is 4.57. The second-order valence-electron chi connectivity index (χ2n) is 6.47. The molecule has 1 amide bonds. The van der Waals surface area contributed by atoms with Crippen molar-refractivity contribution in [3.63, 3.8) is 0 Å². The molecule has 3 aromatic rings. The lowest BCUT2D eigenvalue weighted by atomic mass is 10.1. The molecule has 26 heavy (non-hydrogen) atoms. The highest BCUT2D eigenvalue weighted by Gasteiger charge is 2.22. The zero-order chi connectivity index (χ0) is 18.4. The number of aromatic nitrogens is 3. The Balaban J connectivity index is 1.76. The number of nitrogens with zero attached hydrogens (tertiary/aromatic N) is 4. The molecule has 0 fully saturated rings. The Morgan fingerprint density at radius 3 is 2.58 bits per heavy atom. The molecular formula is C21H24N4O. The summed E-state index contributed by atoms with van der Waals surface area (Å²) in [5, 5.41) is 4.27. The Bertz CT molecular complexity index is 829. The second kappa shape index (κ2) is 8.43. The van der Waals surface area contributed by atoms with E-state index in [2.05, 4.69) is 10.1 Å². The van der Waals surface area contributed by atoms with E-state index >= 15 is 0 Å². The van der Waals surface area contributed by atoms with Gasteiger partial charge in [0.15, 0.2) is 0 Å². The number of carbonyl (C=O) groups is 1. The second-order valence-corrected chi connectivity index (χ2v) is 6.47. The molecule has 0 saturated carbocycles. The van der Waals surface area contributed by atoms with Gasteiger partial charge in [-0.1, -0.05) is 36.4 Å². The first-order chi connectivity index (χ1) is 12.6. The lowest BCUT2D eigenvalue weighted by Gasteiger charge is -2.29. The molecule has 1 aromatic carbocycles. The van der Waals surface area contributed by atoms with Crippen molar-refractivity contribution in [3.05, 3.63) is 83.9 Å². The van der Waals surface area contributed by atoms with Crippen molar-refractivity contribution in [2.45, 2.75) is 39.4 Å². The number of pyridine rings is 1. The Morgan fingerprint density at radius 2 is 1.92 bits per heavy atom. The highest BCUT2D eigenvalue weighted by atomic mass is 16.2. The van der Waals surface area contributed by atoms with Crippen molar-refractivity contribution in [1.29, 1.82) is 0 Å². The molecule has 2 aromatic heterocycles. The lowest BCUT2D eigenvalue weighted by Crippen LogP contribution is -2.34. The maximum absolute atomic E-state index is 13.0. The van der Waals surface area contributed by atoms with Crippen LogP contribution in [0, 0.1) is 6.92 Å². The van der Waals surface area contributed by atoms with Crippen molar-refractivity contribution in [2.75, 3.05) is 0 Å². The molecule has 0 bridgehead atoms. The Labute approximate surface area is 154 Å². The third-order valence-electron chi connectivity index (χ3n) is 4.42. The Kier molecular flexibility index (Phi) is 5.79. The molecule has 0 spiro atoms. The van der Waals surface area contributed by atoms with Crippen LogP contribution in [0.3, 0.4) is 0 Å². The monoisotopic (exact) mass is 348 g/mol. The van der Waals surface area contributed by atoms with Gasteiger partial charge in [-0.15, -0.1) is 0 Å². The van der Waals surface area contributed by atoms with Crippen molar-refractivity contribution in [1.82, 2.24) is 19.7 Å². The summed E-state index contributed by atoms with van der Waals surface area (Å²) in [5.74, 6) is 0.0974. The molecule has 5 nitrogen and oxygen atoms in total. The van der Waals surface area contributed by atoms with E-state index < -0.39 is 0 Å². The highest BCUT2D eigenvalue weighted by Crippen LogP contribution is 2.22. The Hall–Kier alpha value is -2.95. The SMILES string of the molecule is Cc1cnn(CCC(=O)N(Cc2ccccc2)C(C)c2ccccn2)c1. The molecule has 0 aliphatic rings. The Morgan fingerprint density at radius 1 is 1.15 bits per heavy atom. The van der Waals surface area contributed by atoms with Gasteiger partial charge in [-0.05, 0) is 37.1 Å². The quantitative estimate of drug-likeness (QED) is 0.653. The predicted molar refractivity (Wildman–Crippen MR) is 101 cm³/mol. The molecular weight excluding hydrogens is 324 g/mol. The molecule has 1 unspecified atom stereocenters. The minimum absolute atomic E-state index is 0.0942. The summed E-state index contributed by atoms with van der Waals surface area (Å²) in [6, 6.07) is 15.8. The van der Waals surface area contributed by atoms with E-state index in [0.29, 0.717) is 19.5 Å². The maximum atomic E-state index is 13.0. The van der Waals surface area contributed by atoms with Gasteiger partial charge in [0.1, 0.15) is 0 Å². The fourth-order valence-electron chi connectivity index (χ4n) is 2.95. The van der Waals surface area contributed by atoms with Crippen LogP contribution in [0.1, 0.15) is 36.2 Å². The van der Waals surface area contributed by atoms with E-state index in [4.69, 9.17) is 0 Å². The van der Waals surface area contributed by atoms with Crippen LogP contribution in [-0.4, -0.2) is 25.6 Å². The molecule has 0 radical (unpaired) electrons. The lowest BCUT2D eigenvalue weighted by molar-refractivity contribution is -0.134. The average molecular weight is 348 g/mol. The van der Waals surface area contributed by atoms with Crippen molar-refractivity contribution >= 4 is 5.91 Å². The van der Waals surface area contributed by atoms with Gasteiger partial charge in [0.25, 0.3) is 0 Å². The normalized spacial score (nSPS) is 11.9. The van der Waals surface area contributed by atoms with Gasteiger partial charge in [-0.2, -0.15) is 5.10 Å². The van der Waals surface area contributed by atoms with Gasteiger partial charge < -0.3 is 4.90 Å². The van der Waals surface area contributed by atoms with E-state index in [1.165, 1.54) is 0 Å². The zero-order valence-electron chi connectivity index (χ0n) is 15.2. The number of benzene rings is 1. The van der Waals surface area contributed by atoms with E-state index in [1.807, 2.05) is 84.4 Å². The van der Waals surface area contributed by atoms with Gasteiger partial charge in [0.05, 0.1) is 17.9 Å². The summed E-state index contributed by atoms with van der Waals surface area (Å²) < 4.78 is 1.82. The highest BCUT2D eigenvalue weighted by molar-refractivity contribution is 5.76. The number of aryl methyl sites for hydroxylation is 2. The molecule has 3 rings (SSSR count). The number of rotatable bonds is 7. The van der Waals surface area contributed by atoms with Crippen molar-refractivity contribution in [2.24, 2.45) is 0 Å². The van der Waals surface area contributed by atoms with Gasteiger partial charge >= 0.3 is 0 Å². The van der Waals surface area contributed by atoms with Gasteiger partial charge in [0.2, 0.25) is 5.91 Å². The minimum atomic E-state index is -0.0942. The number of amides is 1. The predicted octanol–water partition coefficient (Wildman–Crippen LogP) is 3.77. The molecule has 5 heteroatoms. The fourth-order valence-corrected chi connectivity index (χ4v) is 2.95. The first-order valence-corrected chi connectivity index (χ1v) is 8.87. The summed E-state index contributed by atoms with van der Waals surface area (Å²) in [5.41, 5.74) is 3.10. The third-order valence-corrected chi connectivity index (χ3v) is 4.42. The number of carbonyl (C=O) groups excluding carboxylic acids is 1. The van der Waals surface area contributed by atoms with Crippen LogP contribution in [0.25, 0.3) is 0 Å². The molecule has 2 heterocycles. The van der Waals surface area contributed by atoms with Crippen LogP contribution in [0.15, 0.2) is 67.1 Å². The number of hydrogen-bond donors (Lipinski definition) is 0. The van der Waals surface area contributed by atoms with Crippen LogP contribution < -0.4 is 0 Å². The summed E-state index contributed by atoms with van der Waals surface area (Å²) >= 11 is 0. The van der Waals surface area contributed by atoms with E-state index in [9.17, 15) is 4.79 Å². The van der Waals surface area contributed by atoms with Crippen LogP contribution in [-0.2, 0) is 17.9 Å². The van der Waals surface area contributed by atoms with Crippen LogP contribution in [0.4, 0.5) is 0 Å². The van der Waals surface area contributed by atoms with Gasteiger partial charge in [-0.3, -0.25) is 14.5 Å². The largest absolute Gasteiger partial charge is 0.330 e. The fraction of sp³-hybridized carbons (Fsp3) is 0.286. The van der Waals surface area contributed by atoms with Gasteiger partial charge in [0, 0.05) is 31.9 Å². The summed E-state index contributed by atoms with van der Waals surface area (Å²) in [7, 11) is 0. The summed E-state index contributed by atoms with van der Waals surface area (Å²) in [6.45, 7) is 5.17. The summed E-state index contributed by atoms with van der Waals surface area (Å²) in [4.78, 5) is 19.3. The van der Waals surface area contributed by atoms with E-state index in [-0.39, 0.29) is 11.9 Å². The zero-order valence-corrected chi connectivity index (χ0v) is 15.2. The minimum Gasteiger partial charge on any atom is -0.330 e. The van der Waals surface area contributed by atoms with Gasteiger partial charge in [-0.25, -0.2) is 0 Å². The van der Waals surface area contributed by atoms with Crippen molar-refractivity contribution in [3.8, 4) is 0 Å². The maximum Gasteiger partial charge on any atom is 0.225 e. The van der Waals surface area contributed by atoms with Crippen LogP contribution in [0.5, 0.6) is 0 Å². The standard InChI is InChI=1S/C21H24N4O/c1-17-14-23-24(15-17)13-11-21(26)25(16-19-8-4-3-5-9-19)18(2)20-10-6-7-12-22-20/h3-10,12,14-15,18H,11,13,16H2,1-2H3. The molecule has 0 N–H and O–H groups in total.